The Hall–Kier alpha value is -4.59. The lowest BCUT2D eigenvalue weighted by atomic mass is 9.94. The molecule has 0 saturated carbocycles. The van der Waals surface area contributed by atoms with Gasteiger partial charge in [0.2, 0.25) is 0 Å². The number of amides is 2. The van der Waals surface area contributed by atoms with Gasteiger partial charge in [0, 0.05) is 4.47 Å². The fourth-order valence-corrected chi connectivity index (χ4v) is 7.73. The first kappa shape index (κ1) is 31.0. The van der Waals surface area contributed by atoms with Crippen LogP contribution in [0.4, 0.5) is 9.59 Å². The molecule has 14 heteroatoms. The maximum atomic E-state index is 14.3. The van der Waals surface area contributed by atoms with E-state index in [4.69, 9.17) is 14.2 Å². The van der Waals surface area contributed by atoms with Gasteiger partial charge in [0.1, 0.15) is 24.2 Å². The summed E-state index contributed by atoms with van der Waals surface area (Å²) in [5.41, 5.74) is 1.14. The zero-order valence-electron chi connectivity index (χ0n) is 26.2. The number of fused-ring (bicyclic) bond motifs is 3. The average molecular weight is 709 g/mol. The molecule has 7 rings (SSSR count). The van der Waals surface area contributed by atoms with Crippen molar-refractivity contribution in [1.82, 2.24) is 23.9 Å². The van der Waals surface area contributed by atoms with Gasteiger partial charge in [0.25, 0.3) is 0 Å². The van der Waals surface area contributed by atoms with Crippen LogP contribution >= 0.6 is 15.9 Å². The Labute approximate surface area is 278 Å². The quantitative estimate of drug-likeness (QED) is 0.211. The van der Waals surface area contributed by atoms with E-state index in [1.165, 1.54) is 19.4 Å². The number of carbonyl (C=O) groups excluding carboxylic acids is 3. The SMILES string of the molecule is CC(C)OC(=O)N1[C@@H]2[C@@H]3[C@@H](C4=C(CC[C@@H]4OC(=O)c4ccc(Br)cc4)C[C@H]2n2c(=O)n(-c4ccccc4)c(=O)n23)N1C(=O)OC(C)C. The molecule has 4 aliphatic rings. The Bertz CT molecular complexity index is 1910. The van der Waals surface area contributed by atoms with Gasteiger partial charge in [-0.25, -0.2) is 47.9 Å². The Balaban J connectivity index is 1.40. The topological polar surface area (TPSA) is 134 Å². The minimum absolute atomic E-state index is 0.302. The van der Waals surface area contributed by atoms with Crippen molar-refractivity contribution in [2.45, 2.75) is 89.4 Å². The zero-order valence-corrected chi connectivity index (χ0v) is 27.8. The number of para-hydroxylation sites is 1. The van der Waals surface area contributed by atoms with Crippen LogP contribution in [-0.2, 0) is 14.2 Å². The number of rotatable bonds is 5. The van der Waals surface area contributed by atoms with E-state index < -0.39 is 72.0 Å². The van der Waals surface area contributed by atoms with Crippen LogP contribution in [0, 0.1) is 0 Å². The molecule has 2 aliphatic carbocycles. The fourth-order valence-electron chi connectivity index (χ4n) is 7.47. The molecular weight excluding hydrogens is 674 g/mol. The van der Waals surface area contributed by atoms with E-state index in [0.717, 1.165) is 14.6 Å². The third kappa shape index (κ3) is 4.91. The van der Waals surface area contributed by atoms with Crippen molar-refractivity contribution in [1.29, 1.82) is 0 Å². The molecule has 0 unspecified atom stereocenters. The summed E-state index contributed by atoms with van der Waals surface area (Å²) in [7, 11) is 0. The summed E-state index contributed by atoms with van der Waals surface area (Å²) in [6.45, 7) is 6.78. The normalized spacial score (nSPS) is 24.0. The second-order valence-electron chi connectivity index (χ2n) is 12.7. The number of esters is 1. The monoisotopic (exact) mass is 707 g/mol. The third-order valence-electron chi connectivity index (χ3n) is 9.08. The summed E-state index contributed by atoms with van der Waals surface area (Å²) in [4.78, 5) is 69.6. The Morgan fingerprint density at radius 3 is 2.06 bits per heavy atom. The molecule has 0 N–H and O–H groups in total. The van der Waals surface area contributed by atoms with Gasteiger partial charge in [-0.3, -0.25) is 0 Å². The van der Waals surface area contributed by atoms with E-state index in [9.17, 15) is 24.0 Å². The Morgan fingerprint density at radius 2 is 1.43 bits per heavy atom. The van der Waals surface area contributed by atoms with Crippen molar-refractivity contribution in [3.8, 4) is 5.69 Å². The number of hydrazine groups is 1. The van der Waals surface area contributed by atoms with Crippen molar-refractivity contribution in [3.63, 3.8) is 0 Å². The van der Waals surface area contributed by atoms with E-state index in [1.807, 2.05) is 0 Å². The molecule has 2 amide bonds. The third-order valence-corrected chi connectivity index (χ3v) is 9.61. The number of halogens is 1. The number of ether oxygens (including phenoxy) is 3. The first-order valence-electron chi connectivity index (χ1n) is 15.7. The molecule has 2 aliphatic heterocycles. The van der Waals surface area contributed by atoms with Gasteiger partial charge in [-0.2, -0.15) is 0 Å². The molecule has 246 valence electrons. The zero-order chi connectivity index (χ0) is 33.3. The summed E-state index contributed by atoms with van der Waals surface area (Å²) < 4.78 is 22.1. The highest BCUT2D eigenvalue weighted by Gasteiger charge is 2.66. The van der Waals surface area contributed by atoms with Gasteiger partial charge >= 0.3 is 29.5 Å². The van der Waals surface area contributed by atoms with Gasteiger partial charge in [-0.15, -0.1) is 0 Å². The van der Waals surface area contributed by atoms with Crippen LogP contribution in [-0.4, -0.2) is 72.5 Å². The highest BCUT2D eigenvalue weighted by molar-refractivity contribution is 9.10. The number of nitrogens with zero attached hydrogens (tertiary/aromatic N) is 5. The summed E-state index contributed by atoms with van der Waals surface area (Å²) in [5.74, 6) is -0.545. The molecule has 1 saturated heterocycles. The maximum Gasteiger partial charge on any atom is 0.429 e. The highest BCUT2D eigenvalue weighted by Crippen LogP contribution is 2.55. The van der Waals surface area contributed by atoms with Gasteiger partial charge in [-0.1, -0.05) is 39.7 Å². The first-order valence-corrected chi connectivity index (χ1v) is 16.5. The molecule has 2 aromatic carbocycles. The molecule has 0 radical (unpaired) electrons. The molecule has 0 spiro atoms. The van der Waals surface area contributed by atoms with Gasteiger partial charge in [0.15, 0.2) is 0 Å². The number of benzene rings is 2. The minimum atomic E-state index is -0.992. The minimum Gasteiger partial charge on any atom is -0.454 e. The predicted molar refractivity (Wildman–Crippen MR) is 171 cm³/mol. The molecule has 1 aromatic heterocycles. The number of carbonyl (C=O) groups is 3. The lowest BCUT2D eigenvalue weighted by Gasteiger charge is -2.38. The first-order chi connectivity index (χ1) is 22.5. The summed E-state index contributed by atoms with van der Waals surface area (Å²) in [6.07, 6.45) is -2.16. The lowest BCUT2D eigenvalue weighted by Crippen LogP contribution is -2.55. The summed E-state index contributed by atoms with van der Waals surface area (Å²) >= 11 is 3.38. The van der Waals surface area contributed by atoms with Crippen LogP contribution in [0.3, 0.4) is 0 Å². The molecular formula is C33H34BrN5O8. The number of allylic oxidation sites excluding steroid dienone is 1. The van der Waals surface area contributed by atoms with Crippen LogP contribution in [0.2, 0.25) is 0 Å². The van der Waals surface area contributed by atoms with Crippen LogP contribution in [0.15, 0.2) is 79.8 Å². The second kappa shape index (κ2) is 11.6. The van der Waals surface area contributed by atoms with Crippen molar-refractivity contribution in [2.24, 2.45) is 0 Å². The molecule has 1 fully saturated rings. The van der Waals surface area contributed by atoms with Gasteiger partial charge in [0.05, 0.1) is 29.5 Å². The van der Waals surface area contributed by atoms with Crippen LogP contribution in [0.25, 0.3) is 5.69 Å². The smallest absolute Gasteiger partial charge is 0.429 e. The standard InChI is InChI=1S/C33H34BrN5O8/c1-17(2)45-32(43)38-26-23-16-20-12-15-24(47-29(40)19-10-13-21(34)14-11-19)25(20)27(39(38)33(44)46-18(3)4)28(26)37-31(42)35(30(41)36(23)37)22-8-6-5-7-9-22/h5-11,13-14,17-18,23-24,26-28H,12,15-16H2,1-4H3/t23-,24+,26+,27-,28-/m1/s1. The molecule has 4 bridgehead atoms. The number of hydrogen-bond acceptors (Lipinski definition) is 8. The second-order valence-corrected chi connectivity index (χ2v) is 13.6. The number of hydrogen-bond donors (Lipinski definition) is 0. The van der Waals surface area contributed by atoms with Gasteiger partial charge in [-0.05, 0) is 88.9 Å². The molecule has 47 heavy (non-hydrogen) atoms. The van der Waals surface area contributed by atoms with Crippen molar-refractivity contribution in [2.75, 3.05) is 0 Å². The van der Waals surface area contributed by atoms with Crippen LogP contribution < -0.4 is 11.4 Å². The van der Waals surface area contributed by atoms with Crippen LogP contribution in [0.1, 0.15) is 69.4 Å². The maximum absolute atomic E-state index is 14.3. The average Bonchev–Trinajstić information content (AvgIpc) is 3.68. The van der Waals surface area contributed by atoms with E-state index in [2.05, 4.69) is 15.9 Å². The predicted octanol–water partition coefficient (Wildman–Crippen LogP) is 4.74. The molecule has 3 aromatic rings. The van der Waals surface area contributed by atoms with Crippen molar-refractivity contribution < 1.29 is 28.6 Å². The van der Waals surface area contributed by atoms with Gasteiger partial charge < -0.3 is 14.2 Å². The Morgan fingerprint density at radius 1 is 0.809 bits per heavy atom. The fraction of sp³-hybridized carbons (Fsp3) is 0.424. The lowest BCUT2D eigenvalue weighted by molar-refractivity contribution is -0.0433. The molecule has 3 heterocycles. The summed E-state index contributed by atoms with van der Waals surface area (Å²) in [6, 6.07) is 11.9. The largest absolute Gasteiger partial charge is 0.454 e. The molecule has 13 nitrogen and oxygen atoms in total. The summed E-state index contributed by atoms with van der Waals surface area (Å²) in [5, 5.41) is 2.43. The van der Waals surface area contributed by atoms with E-state index in [-0.39, 0.29) is 0 Å². The highest BCUT2D eigenvalue weighted by atomic mass is 79.9. The van der Waals surface area contributed by atoms with E-state index in [1.54, 1.807) is 82.3 Å². The van der Waals surface area contributed by atoms with Crippen molar-refractivity contribution in [3.05, 3.63) is 96.7 Å². The molecule has 5 atom stereocenters. The van der Waals surface area contributed by atoms with E-state index in [0.29, 0.717) is 36.1 Å². The van der Waals surface area contributed by atoms with Crippen molar-refractivity contribution >= 4 is 34.1 Å². The van der Waals surface area contributed by atoms with E-state index >= 15 is 0 Å². The Kier molecular flexibility index (Phi) is 7.65. The number of aromatic nitrogens is 3. The van der Waals surface area contributed by atoms with Crippen LogP contribution in [0.5, 0.6) is 0 Å².